The van der Waals surface area contributed by atoms with Crippen molar-refractivity contribution in [3.8, 4) is 0 Å². The van der Waals surface area contributed by atoms with Crippen LogP contribution in [-0.2, 0) is 19.6 Å². The highest BCUT2D eigenvalue weighted by atomic mass is 19.1. The van der Waals surface area contributed by atoms with Crippen molar-refractivity contribution in [3.63, 3.8) is 0 Å². The van der Waals surface area contributed by atoms with Gasteiger partial charge in [-0.25, -0.2) is 9.18 Å². The number of hydrogen-bond donors (Lipinski definition) is 0. The summed E-state index contributed by atoms with van der Waals surface area (Å²) in [5.41, 5.74) is 0. The number of carbonyl (C=O) groups is 1. The molecule has 4 nitrogen and oxygen atoms in total. The zero-order valence-corrected chi connectivity index (χ0v) is 10.9. The van der Waals surface area contributed by atoms with Crippen LogP contribution in [0, 0.1) is 5.92 Å². The first-order chi connectivity index (χ1) is 8.15. The van der Waals surface area contributed by atoms with Crippen molar-refractivity contribution >= 4 is 5.97 Å². The normalized spacial score (nSPS) is 14.4. The van der Waals surface area contributed by atoms with E-state index in [0.717, 1.165) is 19.3 Å². The standard InChI is InChI=1S/C12H23FO4/c1-4-7-9-10(6-3)12(14)16-17-15-11(13)8-5-2/h10-11H,4-9H2,1-3H3. The van der Waals surface area contributed by atoms with Crippen molar-refractivity contribution in [1.29, 1.82) is 0 Å². The molecule has 5 heteroatoms. The quantitative estimate of drug-likeness (QED) is 0.438. The molecular formula is C12H23FO4. The lowest BCUT2D eigenvalue weighted by Crippen LogP contribution is -2.19. The first-order valence-electron chi connectivity index (χ1n) is 6.33. The minimum Gasteiger partial charge on any atom is -0.268 e. The van der Waals surface area contributed by atoms with E-state index < -0.39 is 12.3 Å². The van der Waals surface area contributed by atoms with E-state index >= 15 is 0 Å². The Kier molecular flexibility index (Phi) is 10.1. The first-order valence-corrected chi connectivity index (χ1v) is 6.33. The average molecular weight is 250 g/mol. The predicted octanol–water partition coefficient (Wildman–Crippen LogP) is 3.70. The third kappa shape index (κ3) is 8.10. The highest BCUT2D eigenvalue weighted by molar-refractivity contribution is 5.71. The van der Waals surface area contributed by atoms with Crippen LogP contribution in [0.3, 0.4) is 0 Å². The van der Waals surface area contributed by atoms with Crippen molar-refractivity contribution in [2.75, 3.05) is 0 Å². The molecule has 0 aromatic heterocycles. The van der Waals surface area contributed by atoms with E-state index in [2.05, 4.69) is 21.7 Å². The van der Waals surface area contributed by atoms with Gasteiger partial charge < -0.3 is 0 Å². The highest BCUT2D eigenvalue weighted by Gasteiger charge is 2.19. The molecule has 0 amide bonds. The van der Waals surface area contributed by atoms with Gasteiger partial charge in [0.25, 0.3) is 0 Å². The van der Waals surface area contributed by atoms with Gasteiger partial charge in [-0.2, -0.15) is 4.89 Å². The van der Waals surface area contributed by atoms with E-state index in [4.69, 9.17) is 0 Å². The molecule has 0 spiro atoms. The summed E-state index contributed by atoms with van der Waals surface area (Å²) in [6.45, 7) is 5.77. The molecule has 0 aromatic carbocycles. The minimum atomic E-state index is -1.55. The number of hydrogen-bond acceptors (Lipinski definition) is 4. The highest BCUT2D eigenvalue weighted by Crippen LogP contribution is 2.15. The van der Waals surface area contributed by atoms with E-state index in [1.54, 1.807) is 0 Å². The lowest BCUT2D eigenvalue weighted by Gasteiger charge is -2.12. The molecule has 0 heterocycles. The molecule has 0 N–H and O–H groups in total. The van der Waals surface area contributed by atoms with Crippen LogP contribution < -0.4 is 0 Å². The minimum absolute atomic E-state index is 0.206. The summed E-state index contributed by atoms with van der Waals surface area (Å²) in [5.74, 6) is -0.701. The monoisotopic (exact) mass is 250 g/mol. The second-order valence-corrected chi connectivity index (χ2v) is 4.01. The van der Waals surface area contributed by atoms with Crippen LogP contribution in [0.1, 0.15) is 59.3 Å². The Bertz CT molecular complexity index is 199. The predicted molar refractivity (Wildman–Crippen MR) is 61.4 cm³/mol. The summed E-state index contributed by atoms with van der Waals surface area (Å²) >= 11 is 0. The summed E-state index contributed by atoms with van der Waals surface area (Å²) in [7, 11) is 0. The fourth-order valence-corrected chi connectivity index (χ4v) is 1.38. The van der Waals surface area contributed by atoms with Gasteiger partial charge in [-0.15, -0.1) is 0 Å². The van der Waals surface area contributed by atoms with E-state index in [-0.39, 0.29) is 12.3 Å². The maximum atomic E-state index is 12.8. The average Bonchev–Trinajstić information content (AvgIpc) is 2.30. The second-order valence-electron chi connectivity index (χ2n) is 4.01. The van der Waals surface area contributed by atoms with Crippen LogP contribution in [0.25, 0.3) is 0 Å². The van der Waals surface area contributed by atoms with Crippen LogP contribution in [0.5, 0.6) is 0 Å². The van der Waals surface area contributed by atoms with Gasteiger partial charge in [0.15, 0.2) is 0 Å². The largest absolute Gasteiger partial charge is 0.348 e. The molecule has 0 aliphatic carbocycles. The van der Waals surface area contributed by atoms with Gasteiger partial charge in [0.2, 0.25) is 6.36 Å². The molecule has 2 atom stereocenters. The molecule has 0 radical (unpaired) electrons. The van der Waals surface area contributed by atoms with Crippen molar-refractivity contribution in [2.24, 2.45) is 5.92 Å². The van der Waals surface area contributed by atoms with Gasteiger partial charge in [-0.3, -0.25) is 4.89 Å². The maximum absolute atomic E-state index is 12.8. The molecule has 0 saturated heterocycles. The third-order valence-corrected chi connectivity index (χ3v) is 2.51. The summed E-state index contributed by atoms with van der Waals surface area (Å²) in [5, 5.41) is 4.15. The summed E-state index contributed by atoms with van der Waals surface area (Å²) in [6, 6.07) is 0. The summed E-state index contributed by atoms with van der Waals surface area (Å²) < 4.78 is 12.8. The van der Waals surface area contributed by atoms with Gasteiger partial charge in [-0.05, 0) is 17.9 Å². The Balaban J connectivity index is 3.74. The zero-order valence-electron chi connectivity index (χ0n) is 10.9. The number of carbonyl (C=O) groups excluding carboxylic acids is 1. The number of rotatable bonds is 10. The van der Waals surface area contributed by atoms with Crippen molar-refractivity contribution in [2.45, 2.75) is 65.7 Å². The van der Waals surface area contributed by atoms with Gasteiger partial charge in [0.05, 0.1) is 5.92 Å². The van der Waals surface area contributed by atoms with Crippen molar-refractivity contribution in [1.82, 2.24) is 0 Å². The van der Waals surface area contributed by atoms with Gasteiger partial charge >= 0.3 is 5.97 Å². The number of halogens is 1. The lowest BCUT2D eigenvalue weighted by atomic mass is 10.00. The summed E-state index contributed by atoms with van der Waals surface area (Å²) in [6.07, 6.45) is 2.69. The Hall–Kier alpha value is -0.680. The molecule has 0 saturated carbocycles. The van der Waals surface area contributed by atoms with Crippen LogP contribution in [0.2, 0.25) is 0 Å². The van der Waals surface area contributed by atoms with Gasteiger partial charge in [-0.1, -0.05) is 40.0 Å². The first kappa shape index (κ1) is 16.3. The van der Waals surface area contributed by atoms with Crippen molar-refractivity contribution < 1.29 is 24.0 Å². The third-order valence-electron chi connectivity index (χ3n) is 2.51. The molecule has 0 rings (SSSR count). The topological polar surface area (TPSA) is 44.8 Å². The molecular weight excluding hydrogens is 227 g/mol. The van der Waals surface area contributed by atoms with E-state index in [9.17, 15) is 9.18 Å². The number of unbranched alkanes of at least 4 members (excludes halogenated alkanes) is 1. The van der Waals surface area contributed by atoms with Crippen LogP contribution >= 0.6 is 0 Å². The Labute approximate surface area is 102 Å². The molecule has 2 unspecified atom stereocenters. The van der Waals surface area contributed by atoms with E-state index in [1.807, 2.05) is 13.8 Å². The fourth-order valence-electron chi connectivity index (χ4n) is 1.38. The molecule has 0 aliphatic heterocycles. The smallest absolute Gasteiger partial charge is 0.268 e. The second kappa shape index (κ2) is 10.5. The van der Waals surface area contributed by atoms with E-state index in [0.29, 0.717) is 12.8 Å². The van der Waals surface area contributed by atoms with Crippen LogP contribution in [0.15, 0.2) is 0 Å². The van der Waals surface area contributed by atoms with Crippen LogP contribution in [0.4, 0.5) is 4.39 Å². The Morgan fingerprint density at radius 1 is 1.18 bits per heavy atom. The van der Waals surface area contributed by atoms with Gasteiger partial charge in [0.1, 0.15) is 0 Å². The van der Waals surface area contributed by atoms with Crippen LogP contribution in [-0.4, -0.2) is 12.3 Å². The Morgan fingerprint density at radius 3 is 2.41 bits per heavy atom. The maximum Gasteiger partial charge on any atom is 0.348 e. The molecule has 0 aromatic rings. The molecule has 0 fully saturated rings. The van der Waals surface area contributed by atoms with Crippen molar-refractivity contribution in [3.05, 3.63) is 0 Å². The van der Waals surface area contributed by atoms with Gasteiger partial charge in [0, 0.05) is 6.42 Å². The molecule has 17 heavy (non-hydrogen) atoms. The molecule has 0 aliphatic rings. The number of alkyl halides is 1. The fraction of sp³-hybridized carbons (Fsp3) is 0.917. The lowest BCUT2D eigenvalue weighted by molar-refractivity contribution is -0.515. The molecule has 0 bridgehead atoms. The van der Waals surface area contributed by atoms with E-state index in [1.165, 1.54) is 0 Å². The Morgan fingerprint density at radius 2 is 1.88 bits per heavy atom. The SMILES string of the molecule is CCCCC(CC)C(=O)OOOC(F)CCC. The zero-order chi connectivity index (χ0) is 13.1. The molecule has 102 valence electrons. The summed E-state index contributed by atoms with van der Waals surface area (Å²) in [4.78, 5) is 20.1.